The van der Waals surface area contributed by atoms with Crippen molar-refractivity contribution in [1.29, 1.82) is 0 Å². The average Bonchev–Trinajstić information content (AvgIpc) is 3.23. The number of rotatable bonds is 6. The number of ether oxygens (including phenoxy) is 1. The van der Waals surface area contributed by atoms with E-state index in [0.29, 0.717) is 28.4 Å². The molecule has 0 spiro atoms. The lowest BCUT2D eigenvalue weighted by Crippen LogP contribution is -2.28. The molecule has 0 unspecified atom stereocenters. The molecule has 0 atom stereocenters. The van der Waals surface area contributed by atoms with Crippen LogP contribution in [0.3, 0.4) is 0 Å². The van der Waals surface area contributed by atoms with Gasteiger partial charge in [0.1, 0.15) is 12.4 Å². The molecule has 25 heavy (non-hydrogen) atoms. The molecule has 5 nitrogen and oxygen atoms in total. The van der Waals surface area contributed by atoms with Crippen molar-refractivity contribution in [2.75, 3.05) is 13.2 Å². The zero-order valence-corrected chi connectivity index (χ0v) is 15.3. The number of amides is 1. The summed E-state index contributed by atoms with van der Waals surface area (Å²) < 4.78 is 5.47. The van der Waals surface area contributed by atoms with Gasteiger partial charge in [0.05, 0.1) is 4.91 Å². The summed E-state index contributed by atoms with van der Waals surface area (Å²) in [6, 6.07) is 7.60. The van der Waals surface area contributed by atoms with Crippen LogP contribution in [-0.4, -0.2) is 34.1 Å². The van der Waals surface area contributed by atoms with Crippen LogP contribution < -0.4 is 4.74 Å². The van der Waals surface area contributed by atoms with Crippen molar-refractivity contribution in [2.45, 2.75) is 6.92 Å². The Labute approximate surface area is 154 Å². The molecule has 2 heterocycles. The van der Waals surface area contributed by atoms with Gasteiger partial charge in [-0.15, -0.1) is 11.3 Å². The lowest BCUT2D eigenvalue weighted by molar-refractivity contribution is -0.122. The first-order valence-electron chi connectivity index (χ1n) is 7.74. The average molecular weight is 371 g/mol. The summed E-state index contributed by atoms with van der Waals surface area (Å²) in [6.45, 7) is 6.60. The van der Waals surface area contributed by atoms with E-state index in [4.69, 9.17) is 4.74 Å². The predicted molar refractivity (Wildman–Crippen MR) is 104 cm³/mol. The van der Waals surface area contributed by atoms with Crippen LogP contribution in [0.4, 0.5) is 5.13 Å². The molecule has 0 radical (unpaired) electrons. The first-order chi connectivity index (χ1) is 12.2. The number of thioether (sulfide) groups is 1. The molecule has 1 amide bonds. The van der Waals surface area contributed by atoms with E-state index in [-0.39, 0.29) is 5.91 Å². The van der Waals surface area contributed by atoms with Crippen molar-refractivity contribution in [2.24, 2.45) is 4.99 Å². The normalized spacial score (nSPS) is 17.5. The Hall–Kier alpha value is -2.38. The minimum atomic E-state index is -0.0326. The van der Waals surface area contributed by atoms with E-state index in [1.54, 1.807) is 17.2 Å². The number of carbonyl (C=O) groups excluding carboxylic acids is 1. The quantitative estimate of drug-likeness (QED) is 0.560. The highest BCUT2D eigenvalue weighted by Crippen LogP contribution is 2.34. The molecule has 128 valence electrons. The van der Waals surface area contributed by atoms with Gasteiger partial charge >= 0.3 is 0 Å². The van der Waals surface area contributed by atoms with E-state index in [1.807, 2.05) is 42.6 Å². The summed E-state index contributed by atoms with van der Waals surface area (Å²) in [4.78, 5) is 23.5. The molecule has 1 aliphatic rings. The second-order valence-electron chi connectivity index (χ2n) is 5.04. The van der Waals surface area contributed by atoms with Crippen LogP contribution in [0.1, 0.15) is 12.5 Å². The van der Waals surface area contributed by atoms with Crippen LogP contribution in [-0.2, 0) is 4.79 Å². The molecule has 2 aromatic rings. The van der Waals surface area contributed by atoms with Crippen molar-refractivity contribution in [3.63, 3.8) is 0 Å². The Kier molecular flexibility index (Phi) is 5.67. The molecule has 0 bridgehead atoms. The van der Waals surface area contributed by atoms with Crippen molar-refractivity contribution >= 4 is 45.4 Å². The topological polar surface area (TPSA) is 54.8 Å². The van der Waals surface area contributed by atoms with E-state index in [2.05, 4.69) is 16.6 Å². The number of nitrogens with zero attached hydrogens (tertiary/aromatic N) is 3. The lowest BCUT2D eigenvalue weighted by Gasteiger charge is -2.11. The number of hydrogen-bond donors (Lipinski definition) is 0. The van der Waals surface area contributed by atoms with E-state index < -0.39 is 0 Å². The summed E-state index contributed by atoms with van der Waals surface area (Å²) in [5.41, 5.74) is 0.938. The van der Waals surface area contributed by atoms with Crippen LogP contribution in [0.15, 0.2) is 58.4 Å². The smallest absolute Gasteiger partial charge is 0.266 e. The Morgan fingerprint density at radius 3 is 2.80 bits per heavy atom. The SMILES string of the molecule is C=CCOc1ccc(/C=C2\S/C(=N/c3nccs3)N(CC)C2=O)cc1. The number of aromatic nitrogens is 1. The van der Waals surface area contributed by atoms with Gasteiger partial charge < -0.3 is 4.74 Å². The fourth-order valence-electron chi connectivity index (χ4n) is 2.19. The number of likely N-dealkylation sites (N-methyl/N-ethyl adjacent to an activating group) is 1. The molecule has 0 N–H and O–H groups in total. The Balaban J connectivity index is 1.81. The molecule has 1 saturated heterocycles. The summed E-state index contributed by atoms with van der Waals surface area (Å²) in [5.74, 6) is 0.739. The minimum Gasteiger partial charge on any atom is -0.490 e. The molecule has 0 saturated carbocycles. The van der Waals surface area contributed by atoms with E-state index in [9.17, 15) is 4.79 Å². The van der Waals surface area contributed by atoms with Crippen molar-refractivity contribution in [3.05, 3.63) is 59.0 Å². The van der Waals surface area contributed by atoms with Gasteiger partial charge in [-0.05, 0) is 42.5 Å². The number of carbonyl (C=O) groups is 1. The number of hydrogen-bond acceptors (Lipinski definition) is 6. The zero-order valence-electron chi connectivity index (χ0n) is 13.7. The van der Waals surface area contributed by atoms with Gasteiger partial charge in [-0.1, -0.05) is 24.8 Å². The highest BCUT2D eigenvalue weighted by atomic mass is 32.2. The number of benzene rings is 1. The maximum absolute atomic E-state index is 12.6. The molecule has 1 aliphatic heterocycles. The Morgan fingerprint density at radius 1 is 1.36 bits per heavy atom. The summed E-state index contributed by atoms with van der Waals surface area (Å²) in [5, 5.41) is 3.18. The minimum absolute atomic E-state index is 0.0326. The predicted octanol–water partition coefficient (Wildman–Crippen LogP) is 4.33. The third kappa shape index (κ3) is 4.18. The molecule has 1 aromatic carbocycles. The van der Waals surface area contributed by atoms with Gasteiger partial charge in [-0.25, -0.2) is 4.98 Å². The Bertz CT molecular complexity index is 811. The molecular formula is C18H17N3O2S2. The molecule has 1 fully saturated rings. The maximum Gasteiger partial charge on any atom is 0.266 e. The highest BCUT2D eigenvalue weighted by molar-refractivity contribution is 8.18. The van der Waals surface area contributed by atoms with Gasteiger partial charge in [0.15, 0.2) is 5.17 Å². The number of thiazole rings is 1. The molecular weight excluding hydrogens is 354 g/mol. The van der Waals surface area contributed by atoms with Gasteiger partial charge in [0.25, 0.3) is 5.91 Å². The first-order valence-corrected chi connectivity index (χ1v) is 9.44. The summed E-state index contributed by atoms with van der Waals surface area (Å²) >= 11 is 2.82. The van der Waals surface area contributed by atoms with Crippen LogP contribution in [0, 0.1) is 0 Å². The first kappa shape index (κ1) is 17.4. The van der Waals surface area contributed by atoms with Crippen molar-refractivity contribution in [3.8, 4) is 5.75 Å². The zero-order chi connectivity index (χ0) is 17.6. The van der Waals surface area contributed by atoms with Gasteiger partial charge in [-0.2, -0.15) is 4.99 Å². The van der Waals surface area contributed by atoms with E-state index >= 15 is 0 Å². The van der Waals surface area contributed by atoms with Crippen molar-refractivity contribution in [1.82, 2.24) is 9.88 Å². The standard InChI is InChI=1S/C18H17N3O2S2/c1-3-10-23-14-7-5-13(6-8-14)12-15-16(22)21(4-2)18(25-15)20-17-19-9-11-24-17/h3,5-9,11-12H,1,4,10H2,2H3/b15-12-,20-18+. The van der Waals surface area contributed by atoms with Crippen LogP contribution in [0.2, 0.25) is 0 Å². The van der Waals surface area contributed by atoms with Gasteiger partial charge in [0.2, 0.25) is 5.13 Å². The van der Waals surface area contributed by atoms with Crippen LogP contribution >= 0.6 is 23.1 Å². The number of amidine groups is 1. The van der Waals surface area contributed by atoms with Gasteiger partial charge in [0, 0.05) is 18.1 Å². The monoisotopic (exact) mass is 371 g/mol. The lowest BCUT2D eigenvalue weighted by atomic mass is 10.2. The second-order valence-corrected chi connectivity index (χ2v) is 6.92. The fraction of sp³-hybridized carbons (Fsp3) is 0.167. The highest BCUT2D eigenvalue weighted by Gasteiger charge is 2.32. The maximum atomic E-state index is 12.6. The summed E-state index contributed by atoms with van der Waals surface area (Å²) in [7, 11) is 0. The summed E-state index contributed by atoms with van der Waals surface area (Å²) in [6.07, 6.45) is 5.28. The molecule has 0 aliphatic carbocycles. The van der Waals surface area contributed by atoms with E-state index in [0.717, 1.165) is 11.3 Å². The largest absolute Gasteiger partial charge is 0.490 e. The molecule has 3 rings (SSSR count). The van der Waals surface area contributed by atoms with Crippen molar-refractivity contribution < 1.29 is 9.53 Å². The fourth-order valence-corrected chi connectivity index (χ4v) is 3.80. The Morgan fingerprint density at radius 2 is 2.16 bits per heavy atom. The molecule has 1 aromatic heterocycles. The third-order valence-electron chi connectivity index (χ3n) is 3.36. The second kappa shape index (κ2) is 8.13. The number of aliphatic imine (C=N–C) groups is 1. The third-order valence-corrected chi connectivity index (χ3v) is 5.03. The van der Waals surface area contributed by atoms with Crippen LogP contribution in [0.25, 0.3) is 6.08 Å². The molecule has 7 heteroatoms. The van der Waals surface area contributed by atoms with Crippen LogP contribution in [0.5, 0.6) is 5.75 Å². The van der Waals surface area contributed by atoms with E-state index in [1.165, 1.54) is 23.1 Å². The van der Waals surface area contributed by atoms with Gasteiger partial charge in [-0.3, -0.25) is 9.69 Å².